The van der Waals surface area contributed by atoms with Gasteiger partial charge in [0.15, 0.2) is 0 Å². The van der Waals surface area contributed by atoms with Crippen LogP contribution in [0.2, 0.25) is 0 Å². The highest BCUT2D eigenvalue weighted by Gasteiger charge is 2.47. The zero-order chi connectivity index (χ0) is 46.2. The number of nitrogens with zero attached hydrogens (tertiary/aromatic N) is 2. The molecule has 1 aliphatic carbocycles. The minimum atomic E-state index is -0.0486. The molecule has 0 atom stereocenters. The van der Waals surface area contributed by atoms with Crippen LogP contribution >= 0.6 is 11.3 Å². The van der Waals surface area contributed by atoms with Crippen molar-refractivity contribution < 1.29 is 0 Å². The van der Waals surface area contributed by atoms with Gasteiger partial charge < -0.3 is 9.38 Å². The Morgan fingerprint density at radius 1 is 0.530 bits per heavy atom. The summed E-state index contributed by atoms with van der Waals surface area (Å²) in [7, 11) is 0. The Labute approximate surface area is 396 Å². The molecule has 3 aliphatic rings. The highest BCUT2D eigenvalue weighted by atomic mass is 32.1. The highest BCUT2D eigenvalue weighted by molar-refractivity contribution is 7.32. The Kier molecular flexibility index (Phi) is 8.58. The number of benzene rings is 7. The first-order valence-corrected chi connectivity index (χ1v) is 25.2. The lowest BCUT2D eigenvalue weighted by Gasteiger charge is -2.42. The molecular formula is C62H63BN2S. The van der Waals surface area contributed by atoms with E-state index >= 15 is 0 Å². The van der Waals surface area contributed by atoms with Gasteiger partial charge in [0, 0.05) is 53.5 Å². The Bertz CT molecular complexity index is 3540. The van der Waals surface area contributed by atoms with Gasteiger partial charge in [0.2, 0.25) is 0 Å². The molecule has 2 aliphatic heterocycles. The Morgan fingerprint density at radius 3 is 1.83 bits per heavy atom. The second-order valence-corrected chi connectivity index (χ2v) is 25.6. The van der Waals surface area contributed by atoms with Crippen LogP contribution in [0.3, 0.4) is 0 Å². The van der Waals surface area contributed by atoms with E-state index in [4.69, 9.17) is 0 Å². The number of aromatic nitrogens is 1. The van der Waals surface area contributed by atoms with E-state index in [1.807, 2.05) is 11.3 Å². The quantitative estimate of drug-likeness (QED) is 0.157. The third-order valence-electron chi connectivity index (χ3n) is 16.1. The van der Waals surface area contributed by atoms with Gasteiger partial charge in [-0.1, -0.05) is 157 Å². The molecule has 0 fully saturated rings. The number of rotatable bonds is 2. The first-order valence-electron chi connectivity index (χ1n) is 24.4. The van der Waals surface area contributed by atoms with Gasteiger partial charge in [-0.05, 0) is 150 Å². The molecular weight excluding hydrogens is 816 g/mol. The number of fused-ring (bicyclic) bond motifs is 12. The average molecular weight is 879 g/mol. The van der Waals surface area contributed by atoms with Crippen LogP contribution in [0.4, 0.5) is 17.1 Å². The molecule has 330 valence electrons. The Hall–Kier alpha value is -5.58. The molecule has 4 heterocycles. The van der Waals surface area contributed by atoms with Crippen LogP contribution in [0.5, 0.6) is 0 Å². The minimum absolute atomic E-state index is 0.0168. The van der Waals surface area contributed by atoms with Crippen LogP contribution < -0.4 is 15.1 Å². The lowest BCUT2D eigenvalue weighted by Crippen LogP contribution is -2.55. The fraction of sp³-hybridized carbons (Fsp3) is 0.323. The molecule has 9 aromatic rings. The zero-order valence-electron chi connectivity index (χ0n) is 41.3. The summed E-state index contributed by atoms with van der Waals surface area (Å²) in [5.41, 5.74) is 20.4. The van der Waals surface area contributed by atoms with Gasteiger partial charge >= 0.3 is 6.85 Å². The monoisotopic (exact) mass is 878 g/mol. The van der Waals surface area contributed by atoms with Crippen LogP contribution in [0.15, 0.2) is 121 Å². The van der Waals surface area contributed by atoms with Crippen molar-refractivity contribution >= 4 is 88.2 Å². The second-order valence-electron chi connectivity index (χ2n) is 24.5. The number of hydrogen-bond acceptors (Lipinski definition) is 2. The van der Waals surface area contributed by atoms with Crippen molar-refractivity contribution in [3.05, 3.63) is 149 Å². The molecule has 4 heteroatoms. The van der Waals surface area contributed by atoms with Crippen LogP contribution in [0.1, 0.15) is 131 Å². The molecule has 0 bridgehead atoms. The maximum atomic E-state index is 2.79. The molecule has 0 saturated heterocycles. The maximum absolute atomic E-state index is 2.79. The molecule has 2 nitrogen and oxygen atoms in total. The molecule has 0 unspecified atom stereocenters. The third-order valence-corrected chi connectivity index (χ3v) is 17.3. The van der Waals surface area contributed by atoms with E-state index in [0.29, 0.717) is 0 Å². The number of thiophene rings is 1. The van der Waals surface area contributed by atoms with E-state index in [2.05, 4.69) is 221 Å². The van der Waals surface area contributed by atoms with Crippen molar-refractivity contribution in [1.29, 1.82) is 0 Å². The summed E-state index contributed by atoms with van der Waals surface area (Å²) in [5.74, 6) is 0. The topological polar surface area (TPSA) is 8.17 Å². The molecule has 0 N–H and O–H groups in total. The van der Waals surface area contributed by atoms with Gasteiger partial charge in [0.1, 0.15) is 0 Å². The van der Waals surface area contributed by atoms with E-state index in [-0.39, 0.29) is 33.9 Å². The van der Waals surface area contributed by atoms with Crippen LogP contribution in [-0.4, -0.2) is 11.3 Å². The molecule has 7 aromatic carbocycles. The zero-order valence-corrected chi connectivity index (χ0v) is 42.2. The predicted octanol–water partition coefficient (Wildman–Crippen LogP) is 16.5. The van der Waals surface area contributed by atoms with Gasteiger partial charge in [-0.15, -0.1) is 11.3 Å². The summed E-state index contributed by atoms with van der Waals surface area (Å²) in [5, 5.41) is 6.70. The summed E-state index contributed by atoms with van der Waals surface area (Å²) < 4.78 is 5.60. The molecule has 2 aromatic heterocycles. The molecule has 0 radical (unpaired) electrons. The van der Waals surface area contributed by atoms with Crippen molar-refractivity contribution in [3.8, 4) is 22.3 Å². The van der Waals surface area contributed by atoms with Crippen LogP contribution in [0, 0.1) is 0 Å². The van der Waals surface area contributed by atoms with Crippen LogP contribution in [-0.2, 0) is 27.1 Å². The minimum Gasteiger partial charge on any atom is -0.375 e. The fourth-order valence-corrected chi connectivity index (χ4v) is 13.3. The fourth-order valence-electron chi connectivity index (χ4n) is 12.0. The molecule has 0 amide bonds. The van der Waals surface area contributed by atoms with Gasteiger partial charge in [0.05, 0.1) is 11.4 Å². The summed E-state index contributed by atoms with van der Waals surface area (Å²) in [6.45, 7) is 31.1. The Morgan fingerprint density at radius 2 is 1.14 bits per heavy atom. The second kappa shape index (κ2) is 13.5. The highest BCUT2D eigenvalue weighted by Crippen LogP contribution is 2.55. The largest absolute Gasteiger partial charge is 0.375 e. The molecule has 0 saturated carbocycles. The molecule has 66 heavy (non-hydrogen) atoms. The van der Waals surface area contributed by atoms with Crippen molar-refractivity contribution in [1.82, 2.24) is 4.48 Å². The van der Waals surface area contributed by atoms with Gasteiger partial charge in [0.25, 0.3) is 0 Å². The lowest BCUT2D eigenvalue weighted by molar-refractivity contribution is 0.332. The van der Waals surface area contributed by atoms with Crippen molar-refractivity contribution in [2.45, 2.75) is 130 Å². The van der Waals surface area contributed by atoms with Crippen molar-refractivity contribution in [2.24, 2.45) is 0 Å². The van der Waals surface area contributed by atoms with Gasteiger partial charge in [-0.3, -0.25) is 0 Å². The SMILES string of the molecule is CC(C)(C)c1ccc(N2c3cc4ccccc4c4c3B(c3sc5cc6c(cc5c32)C(C)(C)CCC6(C)C)n2c3ccc(C(C)(C)C)cc3c3cc(C(C)(C)C)cc-4c32)c(-c2ccccc2)c1. The van der Waals surface area contributed by atoms with E-state index in [1.165, 1.54) is 133 Å². The van der Waals surface area contributed by atoms with Crippen LogP contribution in [0.25, 0.3) is 64.9 Å². The maximum Gasteiger partial charge on any atom is 0.343 e. The summed E-state index contributed by atoms with van der Waals surface area (Å²) in [6, 6.07) is 48.1. The summed E-state index contributed by atoms with van der Waals surface area (Å²) in [6.07, 6.45) is 2.37. The molecule has 12 rings (SSSR count). The average Bonchev–Trinajstić information content (AvgIpc) is 3.81. The predicted molar refractivity (Wildman–Crippen MR) is 290 cm³/mol. The summed E-state index contributed by atoms with van der Waals surface area (Å²) >= 11 is 2.05. The van der Waals surface area contributed by atoms with Crippen molar-refractivity contribution in [3.63, 3.8) is 0 Å². The molecule has 0 spiro atoms. The van der Waals surface area contributed by atoms with Gasteiger partial charge in [-0.25, -0.2) is 0 Å². The van der Waals surface area contributed by atoms with Crippen molar-refractivity contribution in [2.75, 3.05) is 4.90 Å². The van der Waals surface area contributed by atoms with E-state index < -0.39 is 0 Å². The van der Waals surface area contributed by atoms with E-state index in [0.717, 1.165) is 0 Å². The Balaban J connectivity index is 1.30. The standard InChI is InChI=1S/C62H63BN2S/c1-58(2,3)38-23-25-49(42(30-38)36-19-15-14-16-20-36)64-51-29-37-21-17-18-22-41(37)53-46-33-40(60(7,8)9)32-44-43-31-39(59(4,5)6)24-26-50(43)65(55(44)46)63(54(51)53)57-56(64)45-34-47-48(35-52(45)66-57)62(12,13)28-27-61(47,10)11/h14-26,29-35H,27-28H2,1-13H3. The number of anilines is 3. The lowest BCUT2D eigenvalue weighted by atomic mass is 9.48. The van der Waals surface area contributed by atoms with E-state index in [9.17, 15) is 0 Å². The first kappa shape index (κ1) is 41.8. The normalized spacial score (nSPS) is 16.3. The van der Waals surface area contributed by atoms with E-state index in [1.54, 1.807) is 0 Å². The third kappa shape index (κ3) is 5.92. The smallest absolute Gasteiger partial charge is 0.343 e. The van der Waals surface area contributed by atoms with Gasteiger partial charge in [-0.2, -0.15) is 0 Å². The summed E-state index contributed by atoms with van der Waals surface area (Å²) in [4.78, 5) is 2.73. The first-order chi connectivity index (χ1) is 31.1. The number of hydrogen-bond donors (Lipinski definition) is 0.